The van der Waals surface area contributed by atoms with Crippen molar-refractivity contribution in [3.05, 3.63) is 16.1 Å². The number of carbonyl (C=O) groups excluding carboxylic acids is 1. The molecule has 3 rings (SSSR count). The standard InChI is InChI=1S/C17H28N4OS/c1-2-16-19-14(12-23-16)7-9-18-17(22)20-13-8-10-21(11-13)15-5-3-4-6-15/h12-13,15H,2-11H2,1H3,(H2,18,20,22). The molecule has 1 unspecified atom stereocenters. The molecular formula is C17H28N4OS. The van der Waals surface area contributed by atoms with E-state index in [1.165, 1.54) is 30.7 Å². The van der Waals surface area contributed by atoms with Gasteiger partial charge in [-0.3, -0.25) is 4.90 Å². The smallest absolute Gasteiger partial charge is 0.315 e. The van der Waals surface area contributed by atoms with Crippen molar-refractivity contribution in [2.24, 2.45) is 0 Å². The number of nitrogens with zero attached hydrogens (tertiary/aromatic N) is 2. The Bertz CT molecular complexity index is 512. The van der Waals surface area contributed by atoms with Gasteiger partial charge < -0.3 is 10.6 Å². The first-order valence-corrected chi connectivity index (χ1v) is 9.84. The van der Waals surface area contributed by atoms with E-state index in [1.54, 1.807) is 11.3 Å². The van der Waals surface area contributed by atoms with Crippen LogP contribution in [0.1, 0.15) is 49.7 Å². The van der Waals surface area contributed by atoms with Crippen LogP contribution in [0, 0.1) is 0 Å². The molecular weight excluding hydrogens is 308 g/mol. The lowest BCUT2D eigenvalue weighted by Crippen LogP contribution is -2.44. The zero-order valence-corrected chi connectivity index (χ0v) is 14.8. The fraction of sp³-hybridized carbons (Fsp3) is 0.765. The van der Waals surface area contributed by atoms with Gasteiger partial charge in [0.2, 0.25) is 0 Å². The van der Waals surface area contributed by atoms with Crippen LogP contribution < -0.4 is 10.6 Å². The summed E-state index contributed by atoms with van der Waals surface area (Å²) in [7, 11) is 0. The van der Waals surface area contributed by atoms with Crippen molar-refractivity contribution in [3.8, 4) is 0 Å². The lowest BCUT2D eigenvalue weighted by Gasteiger charge is -2.23. The minimum absolute atomic E-state index is 0.0331. The average Bonchev–Trinajstić information content (AvgIpc) is 3.28. The number of thiazole rings is 1. The molecule has 0 aromatic carbocycles. The Morgan fingerprint density at radius 2 is 2.22 bits per heavy atom. The normalized spacial score (nSPS) is 22.6. The number of hydrogen-bond donors (Lipinski definition) is 2. The Morgan fingerprint density at radius 1 is 1.39 bits per heavy atom. The Kier molecular flexibility index (Phi) is 5.89. The maximum Gasteiger partial charge on any atom is 0.315 e. The molecule has 0 radical (unpaired) electrons. The van der Waals surface area contributed by atoms with Gasteiger partial charge in [-0.25, -0.2) is 9.78 Å². The maximum atomic E-state index is 12.0. The number of aryl methyl sites for hydroxylation is 1. The molecule has 5 nitrogen and oxygen atoms in total. The lowest BCUT2D eigenvalue weighted by molar-refractivity contribution is 0.228. The summed E-state index contributed by atoms with van der Waals surface area (Å²) in [6.07, 6.45) is 8.29. The first-order chi connectivity index (χ1) is 11.2. The summed E-state index contributed by atoms with van der Waals surface area (Å²) in [6, 6.07) is 1.04. The predicted molar refractivity (Wildman–Crippen MR) is 94.0 cm³/mol. The van der Waals surface area contributed by atoms with E-state index in [4.69, 9.17) is 0 Å². The second-order valence-electron chi connectivity index (χ2n) is 6.66. The Hall–Kier alpha value is -1.14. The highest BCUT2D eigenvalue weighted by atomic mass is 32.1. The number of carbonyl (C=O) groups is 1. The van der Waals surface area contributed by atoms with E-state index in [-0.39, 0.29) is 6.03 Å². The summed E-state index contributed by atoms with van der Waals surface area (Å²) in [5.41, 5.74) is 1.08. The quantitative estimate of drug-likeness (QED) is 0.839. The van der Waals surface area contributed by atoms with Crippen LogP contribution in [0.4, 0.5) is 4.79 Å². The van der Waals surface area contributed by atoms with E-state index in [9.17, 15) is 4.79 Å². The Labute approximate surface area is 142 Å². The highest BCUT2D eigenvalue weighted by Gasteiger charge is 2.30. The Balaban J connectivity index is 1.33. The van der Waals surface area contributed by atoms with Gasteiger partial charge in [-0.05, 0) is 25.7 Å². The average molecular weight is 337 g/mol. The molecule has 1 aliphatic heterocycles. The number of urea groups is 1. The van der Waals surface area contributed by atoms with Crippen molar-refractivity contribution in [1.29, 1.82) is 0 Å². The number of nitrogens with one attached hydrogen (secondary N) is 2. The minimum Gasteiger partial charge on any atom is -0.338 e. The molecule has 23 heavy (non-hydrogen) atoms. The van der Waals surface area contributed by atoms with E-state index in [2.05, 4.69) is 32.8 Å². The van der Waals surface area contributed by atoms with Gasteiger partial charge in [-0.2, -0.15) is 0 Å². The van der Waals surface area contributed by atoms with Gasteiger partial charge in [-0.1, -0.05) is 19.8 Å². The van der Waals surface area contributed by atoms with Crippen LogP contribution in [0.15, 0.2) is 5.38 Å². The van der Waals surface area contributed by atoms with Crippen LogP contribution in [0.25, 0.3) is 0 Å². The number of hydrogen-bond acceptors (Lipinski definition) is 4. The summed E-state index contributed by atoms with van der Waals surface area (Å²) >= 11 is 1.70. The lowest BCUT2D eigenvalue weighted by atomic mass is 10.2. The van der Waals surface area contributed by atoms with Crippen molar-refractivity contribution in [3.63, 3.8) is 0 Å². The van der Waals surface area contributed by atoms with Gasteiger partial charge in [0.25, 0.3) is 0 Å². The first-order valence-electron chi connectivity index (χ1n) is 8.96. The van der Waals surface area contributed by atoms with Crippen LogP contribution in [-0.2, 0) is 12.8 Å². The number of rotatable bonds is 6. The highest BCUT2D eigenvalue weighted by molar-refractivity contribution is 7.09. The molecule has 1 aliphatic carbocycles. The zero-order chi connectivity index (χ0) is 16.1. The number of amides is 2. The monoisotopic (exact) mass is 336 g/mol. The van der Waals surface area contributed by atoms with Crippen LogP contribution in [0.3, 0.4) is 0 Å². The topological polar surface area (TPSA) is 57.3 Å². The predicted octanol–water partition coefficient (Wildman–Crippen LogP) is 2.56. The number of aromatic nitrogens is 1. The van der Waals surface area contributed by atoms with E-state index >= 15 is 0 Å². The van der Waals surface area contributed by atoms with Gasteiger partial charge >= 0.3 is 6.03 Å². The fourth-order valence-corrected chi connectivity index (χ4v) is 4.45. The van der Waals surface area contributed by atoms with Gasteiger partial charge in [0.1, 0.15) is 0 Å². The van der Waals surface area contributed by atoms with Crippen LogP contribution in [0.2, 0.25) is 0 Å². The van der Waals surface area contributed by atoms with Gasteiger partial charge in [0.05, 0.1) is 10.7 Å². The molecule has 1 aromatic rings. The molecule has 2 fully saturated rings. The summed E-state index contributed by atoms with van der Waals surface area (Å²) in [4.78, 5) is 19.1. The second-order valence-corrected chi connectivity index (χ2v) is 7.60. The maximum absolute atomic E-state index is 12.0. The molecule has 2 amide bonds. The van der Waals surface area contributed by atoms with E-state index in [0.29, 0.717) is 12.6 Å². The van der Waals surface area contributed by atoms with E-state index in [0.717, 1.165) is 44.1 Å². The Morgan fingerprint density at radius 3 is 2.96 bits per heavy atom. The van der Waals surface area contributed by atoms with Crippen molar-refractivity contribution in [2.75, 3.05) is 19.6 Å². The SMILES string of the molecule is CCc1nc(CCNC(=O)NC2CCN(C3CCCC3)C2)cs1. The largest absolute Gasteiger partial charge is 0.338 e. The molecule has 6 heteroatoms. The van der Waals surface area contributed by atoms with Gasteiger partial charge in [0.15, 0.2) is 0 Å². The van der Waals surface area contributed by atoms with Crippen molar-refractivity contribution < 1.29 is 4.79 Å². The van der Waals surface area contributed by atoms with Gasteiger partial charge in [-0.15, -0.1) is 11.3 Å². The molecule has 2 aliphatic rings. The molecule has 1 aromatic heterocycles. The summed E-state index contributed by atoms with van der Waals surface area (Å²) in [6.45, 7) is 4.92. The third kappa shape index (κ3) is 4.67. The molecule has 128 valence electrons. The molecule has 1 saturated carbocycles. The fourth-order valence-electron chi connectivity index (χ4n) is 3.67. The third-order valence-electron chi connectivity index (χ3n) is 4.96. The molecule has 1 atom stereocenters. The summed E-state index contributed by atoms with van der Waals surface area (Å²) in [5, 5.41) is 9.35. The molecule has 2 N–H and O–H groups in total. The third-order valence-corrected chi connectivity index (χ3v) is 6.01. The zero-order valence-electron chi connectivity index (χ0n) is 14.0. The number of likely N-dealkylation sites (tertiary alicyclic amines) is 1. The highest BCUT2D eigenvalue weighted by Crippen LogP contribution is 2.26. The molecule has 0 bridgehead atoms. The summed E-state index contributed by atoms with van der Waals surface area (Å²) in [5.74, 6) is 0. The first kappa shape index (κ1) is 16.7. The van der Waals surface area contributed by atoms with Crippen molar-refractivity contribution in [1.82, 2.24) is 20.5 Å². The van der Waals surface area contributed by atoms with Crippen LogP contribution in [0.5, 0.6) is 0 Å². The van der Waals surface area contributed by atoms with Crippen LogP contribution in [-0.4, -0.2) is 47.6 Å². The van der Waals surface area contributed by atoms with E-state index in [1.807, 2.05) is 0 Å². The minimum atomic E-state index is -0.0331. The second kappa shape index (κ2) is 8.11. The molecule has 0 spiro atoms. The van der Waals surface area contributed by atoms with Gasteiger partial charge in [0, 0.05) is 43.5 Å². The van der Waals surface area contributed by atoms with E-state index < -0.39 is 0 Å². The van der Waals surface area contributed by atoms with Crippen molar-refractivity contribution >= 4 is 17.4 Å². The van der Waals surface area contributed by atoms with Crippen molar-refractivity contribution in [2.45, 2.75) is 64.0 Å². The van der Waals surface area contributed by atoms with Crippen LogP contribution >= 0.6 is 11.3 Å². The molecule has 1 saturated heterocycles. The molecule has 2 heterocycles. The summed E-state index contributed by atoms with van der Waals surface area (Å²) < 4.78 is 0.